The lowest BCUT2D eigenvalue weighted by Gasteiger charge is -2.15. The van der Waals surface area contributed by atoms with Gasteiger partial charge < -0.3 is 15.6 Å². The molecule has 15 heavy (non-hydrogen) atoms. The molecule has 2 heterocycles. The van der Waals surface area contributed by atoms with Crippen molar-refractivity contribution >= 4 is 5.91 Å². The Morgan fingerprint density at radius 2 is 2.40 bits per heavy atom. The summed E-state index contributed by atoms with van der Waals surface area (Å²) in [7, 11) is 0. The molecule has 1 unspecified atom stereocenters. The number of carbonyl (C=O) groups excluding carboxylic acids is 1. The molecule has 2 rings (SSSR count). The molecule has 0 radical (unpaired) electrons. The summed E-state index contributed by atoms with van der Waals surface area (Å²) in [6.45, 7) is 1.25. The van der Waals surface area contributed by atoms with Crippen LogP contribution in [0.15, 0.2) is 23.1 Å². The van der Waals surface area contributed by atoms with E-state index in [1.165, 1.54) is 12.3 Å². The van der Waals surface area contributed by atoms with Gasteiger partial charge in [-0.05, 0) is 12.5 Å². The van der Waals surface area contributed by atoms with Crippen LogP contribution in [0.25, 0.3) is 0 Å². The topological polar surface area (TPSA) is 79.2 Å². The van der Waals surface area contributed by atoms with Crippen molar-refractivity contribution in [2.75, 3.05) is 13.1 Å². The molecule has 0 saturated carbocycles. The summed E-state index contributed by atoms with van der Waals surface area (Å²) >= 11 is 0. The van der Waals surface area contributed by atoms with E-state index in [1.807, 2.05) is 0 Å². The fraction of sp³-hybridized carbons (Fsp3) is 0.400. The lowest BCUT2D eigenvalue weighted by molar-refractivity contribution is 0.0790. The summed E-state index contributed by atoms with van der Waals surface area (Å²) in [5.41, 5.74) is 5.87. The second-order valence-corrected chi connectivity index (χ2v) is 3.74. The Kier molecular flexibility index (Phi) is 2.55. The molecule has 0 spiro atoms. The Hall–Kier alpha value is -1.62. The molecule has 1 fully saturated rings. The van der Waals surface area contributed by atoms with Gasteiger partial charge in [-0.3, -0.25) is 9.59 Å². The smallest absolute Gasteiger partial charge is 0.254 e. The molecule has 0 bridgehead atoms. The van der Waals surface area contributed by atoms with Crippen molar-refractivity contribution in [3.05, 3.63) is 34.2 Å². The highest BCUT2D eigenvalue weighted by Gasteiger charge is 2.24. The molecular weight excluding hydrogens is 194 g/mol. The number of nitrogens with zero attached hydrogens (tertiary/aromatic N) is 1. The molecule has 5 nitrogen and oxygen atoms in total. The quantitative estimate of drug-likeness (QED) is 0.654. The Labute approximate surface area is 86.9 Å². The largest absolute Gasteiger partial charge is 0.337 e. The Morgan fingerprint density at radius 3 is 3.00 bits per heavy atom. The van der Waals surface area contributed by atoms with E-state index in [0.717, 1.165) is 6.42 Å². The molecular formula is C10H13N3O2. The SMILES string of the molecule is NC1CCN(C(=O)c2cc[nH]c(=O)c2)C1. The van der Waals surface area contributed by atoms with Crippen molar-refractivity contribution in [1.82, 2.24) is 9.88 Å². The number of likely N-dealkylation sites (tertiary alicyclic amines) is 1. The maximum Gasteiger partial charge on any atom is 0.254 e. The number of pyridine rings is 1. The van der Waals surface area contributed by atoms with E-state index >= 15 is 0 Å². The fourth-order valence-corrected chi connectivity index (χ4v) is 1.73. The Balaban J connectivity index is 2.18. The summed E-state index contributed by atoms with van der Waals surface area (Å²) in [4.78, 5) is 27.0. The van der Waals surface area contributed by atoms with Gasteiger partial charge in [-0.2, -0.15) is 0 Å². The van der Waals surface area contributed by atoms with E-state index in [0.29, 0.717) is 18.7 Å². The molecule has 1 atom stereocenters. The molecule has 1 aromatic rings. The van der Waals surface area contributed by atoms with Gasteiger partial charge >= 0.3 is 0 Å². The van der Waals surface area contributed by atoms with Crippen LogP contribution in [-0.2, 0) is 0 Å². The molecule has 1 aliphatic heterocycles. The van der Waals surface area contributed by atoms with Gasteiger partial charge in [0.15, 0.2) is 0 Å². The number of hydrogen-bond acceptors (Lipinski definition) is 3. The lowest BCUT2D eigenvalue weighted by atomic mass is 10.2. The summed E-state index contributed by atoms with van der Waals surface area (Å²) in [6, 6.07) is 2.98. The molecule has 0 aliphatic carbocycles. The third-order valence-electron chi connectivity index (χ3n) is 2.53. The number of H-pyrrole nitrogens is 1. The van der Waals surface area contributed by atoms with Crippen LogP contribution in [0, 0.1) is 0 Å². The van der Waals surface area contributed by atoms with Crippen molar-refractivity contribution in [2.24, 2.45) is 5.73 Å². The first-order valence-electron chi connectivity index (χ1n) is 4.90. The maximum absolute atomic E-state index is 11.9. The van der Waals surface area contributed by atoms with Crippen LogP contribution in [-0.4, -0.2) is 34.9 Å². The van der Waals surface area contributed by atoms with E-state index in [4.69, 9.17) is 5.73 Å². The fourth-order valence-electron chi connectivity index (χ4n) is 1.73. The minimum atomic E-state index is -0.260. The maximum atomic E-state index is 11.9. The van der Waals surface area contributed by atoms with Crippen molar-refractivity contribution in [3.63, 3.8) is 0 Å². The number of hydrogen-bond donors (Lipinski definition) is 2. The van der Waals surface area contributed by atoms with Gasteiger partial charge in [-0.15, -0.1) is 0 Å². The number of nitrogens with two attached hydrogens (primary N) is 1. The number of carbonyl (C=O) groups is 1. The minimum Gasteiger partial charge on any atom is -0.337 e. The average molecular weight is 207 g/mol. The third kappa shape index (κ3) is 2.07. The van der Waals surface area contributed by atoms with Crippen LogP contribution in [0.3, 0.4) is 0 Å². The second-order valence-electron chi connectivity index (χ2n) is 3.74. The Morgan fingerprint density at radius 1 is 1.60 bits per heavy atom. The number of rotatable bonds is 1. The zero-order chi connectivity index (χ0) is 10.8. The average Bonchev–Trinajstić information content (AvgIpc) is 2.64. The molecule has 1 aliphatic rings. The highest BCUT2D eigenvalue weighted by atomic mass is 16.2. The molecule has 3 N–H and O–H groups in total. The van der Waals surface area contributed by atoms with Gasteiger partial charge in [-0.1, -0.05) is 0 Å². The van der Waals surface area contributed by atoms with Gasteiger partial charge in [0.05, 0.1) is 0 Å². The van der Waals surface area contributed by atoms with Crippen LogP contribution in [0.4, 0.5) is 0 Å². The van der Waals surface area contributed by atoms with E-state index in [2.05, 4.69) is 4.98 Å². The normalized spacial score (nSPS) is 20.6. The minimum absolute atomic E-state index is 0.0657. The van der Waals surface area contributed by atoms with Gasteiger partial charge in [0, 0.05) is 37.0 Å². The van der Waals surface area contributed by atoms with Crippen molar-refractivity contribution < 1.29 is 4.79 Å². The van der Waals surface area contributed by atoms with E-state index < -0.39 is 0 Å². The molecule has 80 valence electrons. The standard InChI is InChI=1S/C10H13N3O2/c11-8-2-4-13(6-8)10(15)7-1-3-12-9(14)5-7/h1,3,5,8H,2,4,6,11H2,(H,12,14). The first-order chi connectivity index (χ1) is 7.16. The van der Waals surface area contributed by atoms with Gasteiger partial charge in [0.2, 0.25) is 5.56 Å². The van der Waals surface area contributed by atoms with Crippen molar-refractivity contribution in [2.45, 2.75) is 12.5 Å². The van der Waals surface area contributed by atoms with E-state index in [1.54, 1.807) is 11.0 Å². The predicted octanol–water partition coefficient (Wildman–Crippen LogP) is -0.452. The van der Waals surface area contributed by atoms with Crippen LogP contribution in [0.2, 0.25) is 0 Å². The first-order valence-corrected chi connectivity index (χ1v) is 4.90. The zero-order valence-corrected chi connectivity index (χ0v) is 8.27. The molecule has 5 heteroatoms. The summed E-state index contributed by atoms with van der Waals surface area (Å²) in [5, 5.41) is 0. The molecule has 0 aromatic carbocycles. The first kappa shape index (κ1) is 9.92. The Bertz CT molecular complexity index is 427. The van der Waals surface area contributed by atoms with Crippen LogP contribution >= 0.6 is 0 Å². The highest BCUT2D eigenvalue weighted by molar-refractivity contribution is 5.94. The zero-order valence-electron chi connectivity index (χ0n) is 8.27. The summed E-state index contributed by atoms with van der Waals surface area (Å²) in [6.07, 6.45) is 2.31. The molecule has 1 aromatic heterocycles. The lowest BCUT2D eigenvalue weighted by Crippen LogP contribution is -2.32. The summed E-state index contributed by atoms with van der Waals surface area (Å²) in [5.74, 6) is -0.117. The third-order valence-corrected chi connectivity index (χ3v) is 2.53. The second kappa shape index (κ2) is 3.86. The number of aromatic nitrogens is 1. The van der Waals surface area contributed by atoms with Crippen LogP contribution < -0.4 is 11.3 Å². The van der Waals surface area contributed by atoms with Crippen LogP contribution in [0.5, 0.6) is 0 Å². The molecule has 1 saturated heterocycles. The predicted molar refractivity (Wildman–Crippen MR) is 55.6 cm³/mol. The van der Waals surface area contributed by atoms with Gasteiger partial charge in [-0.25, -0.2) is 0 Å². The van der Waals surface area contributed by atoms with Crippen molar-refractivity contribution in [3.8, 4) is 0 Å². The molecule has 1 amide bonds. The number of aromatic amines is 1. The number of nitrogens with one attached hydrogen (secondary N) is 1. The van der Waals surface area contributed by atoms with Gasteiger partial charge in [0.25, 0.3) is 5.91 Å². The highest BCUT2D eigenvalue weighted by Crippen LogP contribution is 2.10. The monoisotopic (exact) mass is 207 g/mol. The van der Waals surface area contributed by atoms with E-state index in [9.17, 15) is 9.59 Å². The summed E-state index contributed by atoms with van der Waals surface area (Å²) < 4.78 is 0. The van der Waals surface area contributed by atoms with Crippen LogP contribution in [0.1, 0.15) is 16.8 Å². The van der Waals surface area contributed by atoms with Crippen molar-refractivity contribution in [1.29, 1.82) is 0 Å². The number of amides is 1. The van der Waals surface area contributed by atoms with E-state index in [-0.39, 0.29) is 17.5 Å². The van der Waals surface area contributed by atoms with Gasteiger partial charge in [0.1, 0.15) is 0 Å².